The van der Waals surface area contributed by atoms with Gasteiger partial charge in [0, 0.05) is 31.0 Å². The average Bonchev–Trinajstić information content (AvgIpc) is 2.66. The first-order chi connectivity index (χ1) is 8.60. The lowest BCUT2D eigenvalue weighted by molar-refractivity contribution is 0.414. The molecule has 0 saturated heterocycles. The molecule has 4 heteroatoms. The van der Waals surface area contributed by atoms with Crippen LogP contribution >= 0.6 is 0 Å². The van der Waals surface area contributed by atoms with Gasteiger partial charge in [-0.05, 0) is 37.6 Å². The number of nitrogens with one attached hydrogen (secondary N) is 1. The molecule has 18 heavy (non-hydrogen) atoms. The molecule has 0 aliphatic rings. The molecule has 2 rings (SSSR count). The van der Waals surface area contributed by atoms with Gasteiger partial charge in [0.1, 0.15) is 5.75 Å². The van der Waals surface area contributed by atoms with E-state index in [4.69, 9.17) is 4.74 Å². The van der Waals surface area contributed by atoms with E-state index in [9.17, 15) is 0 Å². The standard InChI is InChI=1S/C14H19N3O/c1-10-7-13(18-4)5-6-14(10)15-8-12-9-17(3)16-11(12)2/h5-7,9,15H,8H2,1-4H3. The largest absolute Gasteiger partial charge is 0.497 e. The molecule has 0 amide bonds. The second-order valence-corrected chi connectivity index (χ2v) is 4.45. The lowest BCUT2D eigenvalue weighted by atomic mass is 10.2. The molecule has 1 N–H and O–H groups in total. The number of rotatable bonds is 4. The molecule has 0 bridgehead atoms. The third kappa shape index (κ3) is 2.64. The van der Waals surface area contributed by atoms with Gasteiger partial charge in [-0.2, -0.15) is 5.10 Å². The zero-order valence-electron chi connectivity index (χ0n) is 11.3. The Balaban J connectivity index is 2.08. The van der Waals surface area contributed by atoms with E-state index in [2.05, 4.69) is 17.3 Å². The zero-order chi connectivity index (χ0) is 13.1. The summed E-state index contributed by atoms with van der Waals surface area (Å²) in [5, 5.41) is 7.76. The molecule has 0 saturated carbocycles. The molecule has 0 atom stereocenters. The zero-order valence-corrected chi connectivity index (χ0v) is 11.3. The van der Waals surface area contributed by atoms with Crippen LogP contribution in [0.4, 0.5) is 5.69 Å². The molecule has 2 aromatic rings. The Labute approximate surface area is 108 Å². The van der Waals surface area contributed by atoms with Crippen LogP contribution in [0.2, 0.25) is 0 Å². The number of ether oxygens (including phenoxy) is 1. The summed E-state index contributed by atoms with van der Waals surface area (Å²) in [6.07, 6.45) is 2.04. The quantitative estimate of drug-likeness (QED) is 0.900. The normalized spacial score (nSPS) is 10.4. The van der Waals surface area contributed by atoms with Gasteiger partial charge < -0.3 is 10.1 Å². The van der Waals surface area contributed by atoms with E-state index in [1.54, 1.807) is 7.11 Å². The van der Waals surface area contributed by atoms with Crippen molar-refractivity contribution < 1.29 is 4.74 Å². The van der Waals surface area contributed by atoms with E-state index in [1.165, 1.54) is 11.1 Å². The first kappa shape index (κ1) is 12.5. The number of aromatic nitrogens is 2. The van der Waals surface area contributed by atoms with Crippen molar-refractivity contribution in [1.82, 2.24) is 9.78 Å². The minimum Gasteiger partial charge on any atom is -0.497 e. The van der Waals surface area contributed by atoms with Crippen LogP contribution in [0.25, 0.3) is 0 Å². The maximum atomic E-state index is 5.19. The van der Waals surface area contributed by atoms with Gasteiger partial charge >= 0.3 is 0 Å². The molecule has 0 spiro atoms. The van der Waals surface area contributed by atoms with Gasteiger partial charge in [0.25, 0.3) is 0 Å². The number of anilines is 1. The van der Waals surface area contributed by atoms with Crippen molar-refractivity contribution in [1.29, 1.82) is 0 Å². The van der Waals surface area contributed by atoms with Crippen molar-refractivity contribution in [2.24, 2.45) is 7.05 Å². The molecule has 96 valence electrons. The van der Waals surface area contributed by atoms with Crippen LogP contribution in [0.1, 0.15) is 16.8 Å². The van der Waals surface area contributed by atoms with E-state index < -0.39 is 0 Å². The topological polar surface area (TPSA) is 39.1 Å². The van der Waals surface area contributed by atoms with Crippen molar-refractivity contribution in [3.8, 4) is 5.75 Å². The van der Waals surface area contributed by atoms with Gasteiger partial charge in [-0.3, -0.25) is 4.68 Å². The van der Waals surface area contributed by atoms with Crippen molar-refractivity contribution in [2.75, 3.05) is 12.4 Å². The highest BCUT2D eigenvalue weighted by Crippen LogP contribution is 2.21. The molecule has 1 aromatic carbocycles. The Morgan fingerprint density at radius 1 is 1.33 bits per heavy atom. The van der Waals surface area contributed by atoms with Crippen molar-refractivity contribution in [3.63, 3.8) is 0 Å². The van der Waals surface area contributed by atoms with Crippen LogP contribution in [0.15, 0.2) is 24.4 Å². The molecular formula is C14H19N3O. The fraction of sp³-hybridized carbons (Fsp3) is 0.357. The van der Waals surface area contributed by atoms with E-state index in [0.717, 1.165) is 23.7 Å². The predicted octanol–water partition coefficient (Wildman–Crippen LogP) is 2.66. The minimum atomic E-state index is 0.785. The summed E-state index contributed by atoms with van der Waals surface area (Å²) < 4.78 is 7.03. The molecule has 0 aliphatic carbocycles. The molecule has 0 radical (unpaired) electrons. The summed E-state index contributed by atoms with van der Waals surface area (Å²) in [5.41, 5.74) is 4.58. The third-order valence-electron chi connectivity index (χ3n) is 3.02. The molecule has 4 nitrogen and oxygen atoms in total. The minimum absolute atomic E-state index is 0.785. The highest BCUT2D eigenvalue weighted by atomic mass is 16.5. The fourth-order valence-electron chi connectivity index (χ4n) is 1.97. The van der Waals surface area contributed by atoms with Gasteiger partial charge in [-0.1, -0.05) is 0 Å². The molecular weight excluding hydrogens is 226 g/mol. The Kier molecular flexibility index (Phi) is 3.55. The first-order valence-electron chi connectivity index (χ1n) is 5.98. The number of aryl methyl sites for hydroxylation is 3. The van der Waals surface area contributed by atoms with Crippen molar-refractivity contribution in [2.45, 2.75) is 20.4 Å². The maximum Gasteiger partial charge on any atom is 0.119 e. The monoisotopic (exact) mass is 245 g/mol. The number of nitrogens with zero attached hydrogens (tertiary/aromatic N) is 2. The summed E-state index contributed by atoms with van der Waals surface area (Å²) >= 11 is 0. The number of benzene rings is 1. The van der Waals surface area contributed by atoms with Crippen LogP contribution < -0.4 is 10.1 Å². The van der Waals surface area contributed by atoms with E-state index in [-0.39, 0.29) is 0 Å². The number of hydrogen-bond donors (Lipinski definition) is 1. The van der Waals surface area contributed by atoms with Gasteiger partial charge in [0.15, 0.2) is 0 Å². The van der Waals surface area contributed by atoms with Crippen LogP contribution in [0, 0.1) is 13.8 Å². The predicted molar refractivity (Wildman–Crippen MR) is 73.0 cm³/mol. The third-order valence-corrected chi connectivity index (χ3v) is 3.02. The van der Waals surface area contributed by atoms with Gasteiger partial charge in [0.2, 0.25) is 0 Å². The van der Waals surface area contributed by atoms with E-state index >= 15 is 0 Å². The first-order valence-corrected chi connectivity index (χ1v) is 5.98. The van der Waals surface area contributed by atoms with Crippen molar-refractivity contribution in [3.05, 3.63) is 41.2 Å². The lowest BCUT2D eigenvalue weighted by Gasteiger charge is -2.10. The smallest absolute Gasteiger partial charge is 0.119 e. The summed E-state index contributed by atoms with van der Waals surface area (Å²) in [5.74, 6) is 0.885. The second-order valence-electron chi connectivity index (χ2n) is 4.45. The Hall–Kier alpha value is -1.97. The van der Waals surface area contributed by atoms with Crippen LogP contribution in [0.5, 0.6) is 5.75 Å². The summed E-state index contributed by atoms with van der Waals surface area (Å²) in [7, 11) is 3.62. The van der Waals surface area contributed by atoms with Gasteiger partial charge in [-0.25, -0.2) is 0 Å². The molecule has 1 aromatic heterocycles. The Bertz CT molecular complexity index is 546. The van der Waals surface area contributed by atoms with Gasteiger partial charge in [-0.15, -0.1) is 0 Å². The SMILES string of the molecule is COc1ccc(NCc2cn(C)nc2C)c(C)c1. The fourth-order valence-corrected chi connectivity index (χ4v) is 1.97. The highest BCUT2D eigenvalue weighted by molar-refractivity contribution is 5.53. The number of methoxy groups -OCH3 is 1. The lowest BCUT2D eigenvalue weighted by Crippen LogP contribution is -2.01. The molecule has 1 heterocycles. The molecule has 0 aliphatic heterocycles. The Morgan fingerprint density at radius 2 is 2.11 bits per heavy atom. The maximum absolute atomic E-state index is 5.19. The highest BCUT2D eigenvalue weighted by Gasteiger charge is 2.04. The van der Waals surface area contributed by atoms with Crippen molar-refractivity contribution >= 4 is 5.69 Å². The van der Waals surface area contributed by atoms with Crippen LogP contribution in [-0.4, -0.2) is 16.9 Å². The molecule has 0 fully saturated rings. The summed E-state index contributed by atoms with van der Waals surface area (Å²) in [4.78, 5) is 0. The van der Waals surface area contributed by atoms with E-state index in [0.29, 0.717) is 0 Å². The van der Waals surface area contributed by atoms with Gasteiger partial charge in [0.05, 0.1) is 12.8 Å². The number of hydrogen-bond acceptors (Lipinski definition) is 3. The Morgan fingerprint density at radius 3 is 2.67 bits per heavy atom. The summed E-state index contributed by atoms with van der Waals surface area (Å²) in [6.45, 7) is 4.88. The van der Waals surface area contributed by atoms with Crippen LogP contribution in [0.3, 0.4) is 0 Å². The van der Waals surface area contributed by atoms with E-state index in [1.807, 2.05) is 43.0 Å². The van der Waals surface area contributed by atoms with Crippen LogP contribution in [-0.2, 0) is 13.6 Å². The average molecular weight is 245 g/mol. The molecule has 0 unspecified atom stereocenters. The second kappa shape index (κ2) is 5.12. The summed E-state index contributed by atoms with van der Waals surface area (Å²) in [6, 6.07) is 6.03.